The summed E-state index contributed by atoms with van der Waals surface area (Å²) in [5.74, 6) is -2.23. The highest BCUT2D eigenvalue weighted by atomic mass is 35.5. The summed E-state index contributed by atoms with van der Waals surface area (Å²) < 4.78 is 15.2. The zero-order valence-electron chi connectivity index (χ0n) is 12.0. The zero-order chi connectivity index (χ0) is 17.4. The molecule has 7 heteroatoms. The Morgan fingerprint density at radius 2 is 1.92 bits per heavy atom. The predicted molar refractivity (Wildman–Crippen MR) is 86.2 cm³/mol. The van der Waals surface area contributed by atoms with Gasteiger partial charge < -0.3 is 9.67 Å². The van der Waals surface area contributed by atoms with Crippen LogP contribution < -0.4 is 5.43 Å². The van der Waals surface area contributed by atoms with Crippen molar-refractivity contribution in [2.45, 2.75) is 0 Å². The minimum atomic E-state index is -1.42. The third kappa shape index (κ3) is 2.51. The van der Waals surface area contributed by atoms with Crippen LogP contribution in [0.1, 0.15) is 15.9 Å². The number of aromatic nitrogens is 1. The van der Waals surface area contributed by atoms with Gasteiger partial charge in [0.15, 0.2) is 0 Å². The number of rotatable bonds is 2. The summed E-state index contributed by atoms with van der Waals surface area (Å²) in [7, 11) is 0. The second kappa shape index (κ2) is 5.80. The van der Waals surface area contributed by atoms with Gasteiger partial charge in [0, 0.05) is 17.3 Å². The molecule has 2 aromatic carbocycles. The van der Waals surface area contributed by atoms with Crippen LogP contribution in [0.5, 0.6) is 0 Å². The Labute approximate surface area is 139 Å². The van der Waals surface area contributed by atoms with Crippen molar-refractivity contribution in [3.8, 4) is 11.8 Å². The lowest BCUT2D eigenvalue weighted by molar-refractivity contribution is 0.0695. The Balaban J connectivity index is 2.43. The number of halogens is 2. The average molecular weight is 343 g/mol. The van der Waals surface area contributed by atoms with Crippen LogP contribution in [0, 0.1) is 17.1 Å². The van der Waals surface area contributed by atoms with E-state index in [9.17, 15) is 19.1 Å². The van der Waals surface area contributed by atoms with E-state index in [1.54, 1.807) is 24.3 Å². The Hall–Kier alpha value is -3.17. The lowest BCUT2D eigenvalue weighted by Crippen LogP contribution is -2.18. The smallest absolute Gasteiger partial charge is 0.341 e. The monoisotopic (exact) mass is 342 g/mol. The van der Waals surface area contributed by atoms with Crippen LogP contribution in [0.15, 0.2) is 47.4 Å². The maximum atomic E-state index is 13.7. The van der Waals surface area contributed by atoms with Crippen LogP contribution in [-0.4, -0.2) is 15.6 Å². The van der Waals surface area contributed by atoms with Gasteiger partial charge in [-0.25, -0.2) is 9.18 Å². The molecule has 1 heterocycles. The van der Waals surface area contributed by atoms with Crippen molar-refractivity contribution in [2.24, 2.45) is 0 Å². The molecule has 1 N–H and O–H groups in total. The molecule has 0 radical (unpaired) electrons. The Morgan fingerprint density at radius 3 is 2.50 bits per heavy atom. The van der Waals surface area contributed by atoms with Crippen molar-refractivity contribution in [3.63, 3.8) is 0 Å². The molecule has 0 amide bonds. The molecule has 24 heavy (non-hydrogen) atoms. The topological polar surface area (TPSA) is 83.1 Å². The summed E-state index contributed by atoms with van der Waals surface area (Å²) in [6.07, 6.45) is 1.16. The number of aromatic carboxylic acids is 1. The number of nitriles is 1. The first-order valence-electron chi connectivity index (χ1n) is 6.70. The third-order valence-electron chi connectivity index (χ3n) is 3.55. The molecule has 0 atom stereocenters. The van der Waals surface area contributed by atoms with E-state index in [2.05, 4.69) is 0 Å². The van der Waals surface area contributed by atoms with Crippen molar-refractivity contribution in [1.29, 1.82) is 5.26 Å². The van der Waals surface area contributed by atoms with Crippen molar-refractivity contribution in [2.75, 3.05) is 0 Å². The van der Waals surface area contributed by atoms with Gasteiger partial charge >= 0.3 is 5.97 Å². The van der Waals surface area contributed by atoms with E-state index in [4.69, 9.17) is 16.9 Å². The molecule has 0 aliphatic rings. The van der Waals surface area contributed by atoms with Crippen LogP contribution in [0.4, 0.5) is 4.39 Å². The van der Waals surface area contributed by atoms with Crippen LogP contribution in [0.2, 0.25) is 5.02 Å². The van der Waals surface area contributed by atoms with E-state index in [1.165, 1.54) is 10.6 Å². The predicted octanol–water partition coefficient (Wildman–Crippen LogP) is 3.35. The number of nitrogens with zero attached hydrogens (tertiary/aromatic N) is 2. The van der Waals surface area contributed by atoms with Gasteiger partial charge in [-0.2, -0.15) is 5.26 Å². The van der Waals surface area contributed by atoms with Gasteiger partial charge in [-0.3, -0.25) is 4.79 Å². The number of fused-ring (bicyclic) bond motifs is 1. The summed E-state index contributed by atoms with van der Waals surface area (Å²) in [5.41, 5.74) is -0.0940. The second-order valence-electron chi connectivity index (χ2n) is 4.99. The fourth-order valence-electron chi connectivity index (χ4n) is 2.38. The SMILES string of the molecule is N#Cc1ccc(-n2cc(C(=O)O)c(=O)c3cc(F)c(Cl)cc32)cc1. The molecule has 1 aromatic heterocycles. The highest BCUT2D eigenvalue weighted by molar-refractivity contribution is 6.31. The molecule has 0 aliphatic carbocycles. The first-order chi connectivity index (χ1) is 11.4. The molecule has 3 aromatic rings. The van der Waals surface area contributed by atoms with Gasteiger partial charge in [-0.15, -0.1) is 0 Å². The zero-order valence-corrected chi connectivity index (χ0v) is 12.7. The number of hydrogen-bond acceptors (Lipinski definition) is 3. The molecule has 0 fully saturated rings. The quantitative estimate of drug-likeness (QED) is 0.774. The summed E-state index contributed by atoms with van der Waals surface area (Å²) in [6.45, 7) is 0. The summed E-state index contributed by atoms with van der Waals surface area (Å²) in [4.78, 5) is 23.6. The van der Waals surface area contributed by atoms with Crippen LogP contribution in [0.25, 0.3) is 16.6 Å². The first-order valence-corrected chi connectivity index (χ1v) is 7.08. The number of benzene rings is 2. The highest BCUT2D eigenvalue weighted by Crippen LogP contribution is 2.24. The van der Waals surface area contributed by atoms with E-state index in [-0.39, 0.29) is 15.9 Å². The average Bonchev–Trinajstić information content (AvgIpc) is 2.57. The van der Waals surface area contributed by atoms with Gasteiger partial charge in [-0.1, -0.05) is 11.6 Å². The number of pyridine rings is 1. The van der Waals surface area contributed by atoms with E-state index in [0.29, 0.717) is 11.3 Å². The molecule has 0 saturated heterocycles. The second-order valence-corrected chi connectivity index (χ2v) is 5.40. The molecule has 0 aliphatic heterocycles. The molecule has 0 saturated carbocycles. The van der Waals surface area contributed by atoms with E-state index >= 15 is 0 Å². The molecule has 0 bridgehead atoms. The van der Waals surface area contributed by atoms with Gasteiger partial charge in [0.2, 0.25) is 5.43 Å². The highest BCUT2D eigenvalue weighted by Gasteiger charge is 2.17. The van der Waals surface area contributed by atoms with Crippen molar-refractivity contribution in [3.05, 3.63) is 74.8 Å². The maximum Gasteiger partial charge on any atom is 0.341 e. The Morgan fingerprint density at radius 1 is 1.25 bits per heavy atom. The lowest BCUT2D eigenvalue weighted by Gasteiger charge is -2.13. The van der Waals surface area contributed by atoms with Gasteiger partial charge in [0.25, 0.3) is 0 Å². The summed E-state index contributed by atoms with van der Waals surface area (Å²) in [6, 6.07) is 10.4. The van der Waals surface area contributed by atoms with Crippen LogP contribution in [0.3, 0.4) is 0 Å². The van der Waals surface area contributed by atoms with Crippen LogP contribution in [-0.2, 0) is 0 Å². The molecular formula is C17H8ClFN2O3. The third-order valence-corrected chi connectivity index (χ3v) is 3.84. The minimum Gasteiger partial charge on any atom is -0.477 e. The number of carboxylic acids is 1. The van der Waals surface area contributed by atoms with Crippen LogP contribution >= 0.6 is 11.6 Å². The minimum absolute atomic E-state index is 0.0961. The standard InChI is InChI=1S/C17H8ClFN2O3/c18-13-6-15-11(5-14(13)19)16(22)12(17(23)24)8-21(15)10-3-1-9(7-20)2-4-10/h1-6,8H,(H,23,24). The van der Waals surface area contributed by atoms with Gasteiger partial charge in [0.05, 0.1) is 22.2 Å². The van der Waals surface area contributed by atoms with Crippen molar-refractivity contribution >= 4 is 28.5 Å². The molecule has 0 unspecified atom stereocenters. The summed E-state index contributed by atoms with van der Waals surface area (Å²) >= 11 is 5.80. The lowest BCUT2D eigenvalue weighted by atomic mass is 10.1. The molecule has 0 spiro atoms. The van der Waals surface area contributed by atoms with E-state index in [1.807, 2.05) is 6.07 Å². The molecule has 3 rings (SSSR count). The Bertz CT molecular complexity index is 1080. The van der Waals surface area contributed by atoms with E-state index < -0.39 is 22.8 Å². The number of carbonyl (C=O) groups is 1. The molecular weight excluding hydrogens is 335 g/mol. The van der Waals surface area contributed by atoms with Crippen molar-refractivity contribution < 1.29 is 14.3 Å². The van der Waals surface area contributed by atoms with Gasteiger partial charge in [-0.05, 0) is 36.4 Å². The Kier molecular flexibility index (Phi) is 3.80. The van der Waals surface area contributed by atoms with Crippen molar-refractivity contribution in [1.82, 2.24) is 4.57 Å². The normalized spacial score (nSPS) is 10.5. The first kappa shape index (κ1) is 15.7. The van der Waals surface area contributed by atoms with E-state index in [0.717, 1.165) is 12.3 Å². The fourth-order valence-corrected chi connectivity index (χ4v) is 2.54. The molecule has 118 valence electrons. The summed E-state index contributed by atoms with van der Waals surface area (Å²) in [5, 5.41) is 17.8. The number of hydrogen-bond donors (Lipinski definition) is 1. The fraction of sp³-hybridized carbons (Fsp3) is 0. The molecule has 5 nitrogen and oxygen atoms in total. The van der Waals surface area contributed by atoms with Gasteiger partial charge in [0.1, 0.15) is 11.4 Å². The number of carboxylic acid groups (broad SMARTS) is 1. The maximum absolute atomic E-state index is 13.7. The largest absolute Gasteiger partial charge is 0.477 e.